The molecule has 0 bridgehead atoms. The average molecular weight is 503 g/mol. The van der Waals surface area contributed by atoms with E-state index in [0.29, 0.717) is 17.1 Å². The van der Waals surface area contributed by atoms with Crippen LogP contribution in [0.15, 0.2) is 106 Å². The number of amides is 1. The van der Waals surface area contributed by atoms with Crippen LogP contribution in [-0.2, 0) is 6.54 Å². The number of nitrogens with zero attached hydrogens (tertiary/aromatic N) is 1. The molecule has 6 heteroatoms. The van der Waals surface area contributed by atoms with Gasteiger partial charge in [-0.15, -0.1) is 0 Å². The summed E-state index contributed by atoms with van der Waals surface area (Å²) in [5.41, 5.74) is 4.89. The third kappa shape index (κ3) is 5.81. The molecule has 0 radical (unpaired) electrons. The van der Waals surface area contributed by atoms with Gasteiger partial charge < -0.3 is 5.32 Å². The fraction of sp³-hybridized carbons (Fsp3) is 0.103. The van der Waals surface area contributed by atoms with E-state index < -0.39 is 0 Å². The molecule has 1 amide bonds. The van der Waals surface area contributed by atoms with Crippen molar-refractivity contribution < 1.29 is 9.18 Å². The maximum Gasteiger partial charge on any atom is 0.251 e. The minimum absolute atomic E-state index is 0.211. The molecule has 0 unspecified atom stereocenters. The lowest BCUT2D eigenvalue weighted by atomic mass is 10.0. The Kier molecular flexibility index (Phi) is 8.01. The summed E-state index contributed by atoms with van der Waals surface area (Å²) in [7, 11) is 0. The SMILES string of the molecule is CC.O=C(NCc1ccc(F)cc1)c1ccc2c(c1)N=C(c1ccc(Cl)cc1)c1ccccc1S2. The molecule has 176 valence electrons. The normalized spacial score (nSPS) is 11.7. The third-order valence-corrected chi connectivity index (χ3v) is 6.69. The van der Waals surface area contributed by atoms with Gasteiger partial charge in [-0.1, -0.05) is 79.7 Å². The van der Waals surface area contributed by atoms with E-state index >= 15 is 0 Å². The van der Waals surface area contributed by atoms with Gasteiger partial charge in [0.25, 0.3) is 5.91 Å². The van der Waals surface area contributed by atoms with Gasteiger partial charge in [0, 0.05) is 38.0 Å². The highest BCUT2D eigenvalue weighted by atomic mass is 35.5. The van der Waals surface area contributed by atoms with Crippen molar-refractivity contribution in [3.8, 4) is 0 Å². The fourth-order valence-electron chi connectivity index (χ4n) is 3.60. The Labute approximate surface area is 214 Å². The van der Waals surface area contributed by atoms with E-state index in [-0.39, 0.29) is 11.7 Å². The van der Waals surface area contributed by atoms with Gasteiger partial charge in [-0.05, 0) is 54.1 Å². The monoisotopic (exact) mass is 502 g/mol. The van der Waals surface area contributed by atoms with Gasteiger partial charge >= 0.3 is 0 Å². The molecule has 0 fully saturated rings. The molecule has 0 saturated heterocycles. The number of rotatable bonds is 4. The molecule has 0 aromatic heterocycles. The van der Waals surface area contributed by atoms with Crippen LogP contribution < -0.4 is 5.32 Å². The van der Waals surface area contributed by atoms with Gasteiger partial charge in [-0.25, -0.2) is 9.38 Å². The number of hydrogen-bond donors (Lipinski definition) is 1. The van der Waals surface area contributed by atoms with Crippen LogP contribution in [0.3, 0.4) is 0 Å². The van der Waals surface area contributed by atoms with E-state index in [1.165, 1.54) is 12.1 Å². The second-order valence-electron chi connectivity index (χ2n) is 7.56. The van der Waals surface area contributed by atoms with E-state index in [0.717, 1.165) is 37.9 Å². The van der Waals surface area contributed by atoms with Crippen LogP contribution in [-0.4, -0.2) is 11.6 Å². The van der Waals surface area contributed by atoms with Gasteiger partial charge in [0.1, 0.15) is 5.82 Å². The van der Waals surface area contributed by atoms with Crippen molar-refractivity contribution >= 4 is 40.7 Å². The fourth-order valence-corrected chi connectivity index (χ4v) is 4.73. The summed E-state index contributed by atoms with van der Waals surface area (Å²) in [6.45, 7) is 4.32. The van der Waals surface area contributed by atoms with Crippen molar-refractivity contribution in [1.29, 1.82) is 0 Å². The predicted octanol–water partition coefficient (Wildman–Crippen LogP) is 8.07. The summed E-state index contributed by atoms with van der Waals surface area (Å²) in [6.07, 6.45) is 0. The Bertz CT molecular complexity index is 1370. The lowest BCUT2D eigenvalue weighted by molar-refractivity contribution is 0.0951. The predicted molar refractivity (Wildman–Crippen MR) is 143 cm³/mol. The summed E-state index contributed by atoms with van der Waals surface area (Å²) < 4.78 is 13.1. The van der Waals surface area contributed by atoms with Crippen LogP contribution in [0.25, 0.3) is 0 Å². The van der Waals surface area contributed by atoms with Crippen molar-refractivity contribution in [3.05, 3.63) is 124 Å². The minimum Gasteiger partial charge on any atom is -0.348 e. The topological polar surface area (TPSA) is 41.5 Å². The molecular formula is C29H24ClFN2OS. The van der Waals surface area contributed by atoms with Crippen molar-refractivity contribution in [2.75, 3.05) is 0 Å². The zero-order valence-electron chi connectivity index (χ0n) is 19.4. The number of halogens is 2. The lowest BCUT2D eigenvalue weighted by Gasteiger charge is -2.09. The Morgan fingerprint density at radius 2 is 1.63 bits per heavy atom. The Morgan fingerprint density at radius 3 is 2.37 bits per heavy atom. The van der Waals surface area contributed by atoms with Crippen LogP contribution in [0.1, 0.15) is 40.9 Å². The average Bonchev–Trinajstić information content (AvgIpc) is 3.06. The van der Waals surface area contributed by atoms with Crippen LogP contribution in [0.4, 0.5) is 10.1 Å². The second-order valence-corrected chi connectivity index (χ2v) is 9.08. The standard InChI is InChI=1S/C27H18ClFN2OS.C2H6/c28-20-10-7-18(8-11-20)26-22-3-1-2-4-24(22)33-25-14-9-19(15-23(25)31-26)27(32)30-16-17-5-12-21(29)13-6-17;1-2/h1-15H,16H2,(H,30,32);1-2H3. The van der Waals surface area contributed by atoms with E-state index in [2.05, 4.69) is 17.4 Å². The first-order valence-electron chi connectivity index (χ1n) is 11.4. The summed E-state index contributed by atoms with van der Waals surface area (Å²) in [5.74, 6) is -0.513. The number of aliphatic imine (C=N–C) groups is 1. The van der Waals surface area contributed by atoms with Crippen molar-refractivity contribution in [1.82, 2.24) is 5.32 Å². The van der Waals surface area contributed by atoms with Gasteiger partial charge in [-0.3, -0.25) is 4.79 Å². The zero-order chi connectivity index (χ0) is 24.8. The maximum atomic E-state index is 13.1. The maximum absolute atomic E-state index is 13.1. The Morgan fingerprint density at radius 1 is 0.914 bits per heavy atom. The summed E-state index contributed by atoms with van der Waals surface area (Å²) in [4.78, 5) is 19.9. The molecule has 0 spiro atoms. The second kappa shape index (κ2) is 11.3. The number of carbonyl (C=O) groups is 1. The van der Waals surface area contributed by atoms with Crippen LogP contribution in [0.2, 0.25) is 5.02 Å². The Hall–Kier alpha value is -3.41. The quantitative estimate of drug-likeness (QED) is 0.270. The molecule has 0 atom stereocenters. The zero-order valence-corrected chi connectivity index (χ0v) is 21.0. The highest BCUT2D eigenvalue weighted by Gasteiger charge is 2.20. The number of nitrogens with one attached hydrogen (secondary N) is 1. The van der Waals surface area contributed by atoms with E-state index in [4.69, 9.17) is 16.6 Å². The van der Waals surface area contributed by atoms with Crippen molar-refractivity contribution in [2.24, 2.45) is 4.99 Å². The highest BCUT2D eigenvalue weighted by molar-refractivity contribution is 7.99. The molecule has 4 aromatic carbocycles. The van der Waals surface area contributed by atoms with E-state index in [9.17, 15) is 9.18 Å². The molecule has 5 rings (SSSR count). The molecule has 1 aliphatic heterocycles. The number of carbonyl (C=O) groups excluding carboxylic acids is 1. The number of benzene rings is 4. The molecule has 0 aliphatic carbocycles. The molecule has 35 heavy (non-hydrogen) atoms. The smallest absolute Gasteiger partial charge is 0.251 e. The lowest BCUT2D eigenvalue weighted by Crippen LogP contribution is -2.22. The van der Waals surface area contributed by atoms with E-state index in [1.807, 2.05) is 62.4 Å². The molecule has 0 saturated carbocycles. The third-order valence-electron chi connectivity index (χ3n) is 5.30. The number of fused-ring (bicyclic) bond motifs is 2. The molecule has 1 aliphatic rings. The first-order valence-corrected chi connectivity index (χ1v) is 12.5. The summed E-state index contributed by atoms with van der Waals surface area (Å²) >= 11 is 7.72. The van der Waals surface area contributed by atoms with Crippen LogP contribution in [0, 0.1) is 5.82 Å². The first kappa shape index (κ1) is 24.7. The molecular weight excluding hydrogens is 479 g/mol. The molecule has 4 aromatic rings. The highest BCUT2D eigenvalue weighted by Crippen LogP contribution is 2.41. The minimum atomic E-state index is -0.302. The summed E-state index contributed by atoms with van der Waals surface area (Å²) in [5, 5.41) is 3.56. The van der Waals surface area contributed by atoms with Gasteiger partial charge in [-0.2, -0.15) is 0 Å². The summed E-state index contributed by atoms with van der Waals surface area (Å²) in [6, 6.07) is 27.3. The number of hydrogen-bond acceptors (Lipinski definition) is 3. The van der Waals surface area contributed by atoms with Crippen molar-refractivity contribution in [2.45, 2.75) is 30.2 Å². The Balaban J connectivity index is 0.00000141. The first-order chi connectivity index (χ1) is 17.1. The molecule has 1 heterocycles. The van der Waals surface area contributed by atoms with Gasteiger partial charge in [0.15, 0.2) is 0 Å². The van der Waals surface area contributed by atoms with E-state index in [1.54, 1.807) is 30.0 Å². The van der Waals surface area contributed by atoms with Gasteiger partial charge in [0.2, 0.25) is 0 Å². The van der Waals surface area contributed by atoms with Gasteiger partial charge in [0.05, 0.1) is 11.4 Å². The van der Waals surface area contributed by atoms with Crippen LogP contribution in [0.5, 0.6) is 0 Å². The molecule has 1 N–H and O–H groups in total. The van der Waals surface area contributed by atoms with Crippen LogP contribution >= 0.6 is 23.4 Å². The molecule has 3 nitrogen and oxygen atoms in total. The largest absolute Gasteiger partial charge is 0.348 e. The van der Waals surface area contributed by atoms with Crippen molar-refractivity contribution in [3.63, 3.8) is 0 Å².